The zero-order chi connectivity index (χ0) is 12.1. The van der Waals surface area contributed by atoms with Crippen molar-refractivity contribution in [2.45, 2.75) is 39.2 Å². The molecule has 0 spiro atoms. The Morgan fingerprint density at radius 1 is 1.40 bits per heavy atom. The van der Waals surface area contributed by atoms with Crippen molar-refractivity contribution in [3.8, 4) is 0 Å². The molecule has 0 aliphatic heterocycles. The minimum atomic E-state index is -1.08. The predicted octanol–water partition coefficient (Wildman–Crippen LogP) is 0.535. The van der Waals surface area contributed by atoms with Crippen molar-refractivity contribution < 1.29 is 14.7 Å². The van der Waals surface area contributed by atoms with Crippen LogP contribution < -0.4 is 11.2 Å². The first-order valence-corrected chi connectivity index (χ1v) is 4.79. The first-order chi connectivity index (χ1) is 6.75. The van der Waals surface area contributed by atoms with Gasteiger partial charge in [-0.3, -0.25) is 9.80 Å². The highest BCUT2D eigenvalue weighted by atomic mass is 16.4. The van der Waals surface area contributed by atoms with Crippen LogP contribution in [0, 0.1) is 0 Å². The van der Waals surface area contributed by atoms with E-state index in [9.17, 15) is 9.59 Å². The van der Waals surface area contributed by atoms with Crippen LogP contribution in [-0.2, 0) is 4.79 Å². The molecule has 0 aliphatic carbocycles. The smallest absolute Gasteiger partial charge is 0.404 e. The Balaban J connectivity index is 3.80. The lowest BCUT2D eigenvalue weighted by Crippen LogP contribution is -2.50. The highest BCUT2D eigenvalue weighted by molar-refractivity contribution is 5.76. The van der Waals surface area contributed by atoms with Gasteiger partial charge in [-0.1, -0.05) is 0 Å². The Morgan fingerprint density at radius 2 is 1.93 bits per heavy atom. The molecule has 0 aliphatic rings. The summed E-state index contributed by atoms with van der Waals surface area (Å²) >= 11 is 0. The third kappa shape index (κ3) is 5.90. The van der Waals surface area contributed by atoms with E-state index in [0.717, 1.165) is 0 Å². The van der Waals surface area contributed by atoms with Gasteiger partial charge < -0.3 is 10.4 Å². The molecule has 0 saturated carbocycles. The molecule has 0 fully saturated rings. The summed E-state index contributed by atoms with van der Waals surface area (Å²) in [6.45, 7) is 5.76. The van der Waals surface area contributed by atoms with Crippen LogP contribution in [0.4, 0.5) is 4.79 Å². The maximum Gasteiger partial charge on any atom is 0.404 e. The normalized spacial score (nSPS) is 10.9. The zero-order valence-electron chi connectivity index (χ0n) is 9.41. The molecule has 0 aromatic heterocycles. The molecule has 0 radical (unpaired) electrons. The van der Waals surface area contributed by atoms with Crippen molar-refractivity contribution in [2.75, 3.05) is 6.54 Å². The molecular weight excluding hydrogens is 198 g/mol. The molecule has 0 aromatic rings. The van der Waals surface area contributed by atoms with E-state index in [4.69, 9.17) is 10.9 Å². The number of hydrogen-bond donors (Lipinski definition) is 3. The average Bonchev–Trinajstić information content (AvgIpc) is 2.09. The van der Waals surface area contributed by atoms with E-state index in [2.05, 4.69) is 5.32 Å². The second kappa shape index (κ2) is 5.55. The molecule has 4 N–H and O–H groups in total. The van der Waals surface area contributed by atoms with Crippen LogP contribution in [0.2, 0.25) is 0 Å². The van der Waals surface area contributed by atoms with Gasteiger partial charge in [-0.05, 0) is 27.2 Å². The van der Waals surface area contributed by atoms with Crippen LogP contribution in [-0.4, -0.2) is 34.2 Å². The van der Waals surface area contributed by atoms with Crippen LogP contribution in [0.1, 0.15) is 33.6 Å². The molecule has 0 atom stereocenters. The fraction of sp³-hybridized carbons (Fsp3) is 0.778. The van der Waals surface area contributed by atoms with Crippen molar-refractivity contribution in [1.29, 1.82) is 0 Å². The minimum absolute atomic E-state index is 0.185. The second-order valence-corrected chi connectivity index (χ2v) is 4.27. The van der Waals surface area contributed by atoms with E-state index >= 15 is 0 Å². The summed E-state index contributed by atoms with van der Waals surface area (Å²) in [6, 6.07) is 0. The number of rotatable bonds is 4. The van der Waals surface area contributed by atoms with Crippen LogP contribution in [0.15, 0.2) is 0 Å². The highest BCUT2D eigenvalue weighted by Crippen LogP contribution is 2.09. The first kappa shape index (κ1) is 13.7. The van der Waals surface area contributed by atoms with Crippen molar-refractivity contribution in [3.63, 3.8) is 0 Å². The van der Waals surface area contributed by atoms with E-state index in [-0.39, 0.29) is 18.9 Å². The SMILES string of the molecule is CC(C)(C)N(N)C(=O)CCCNC(=O)O. The highest BCUT2D eigenvalue weighted by Gasteiger charge is 2.22. The number of carbonyl (C=O) groups excluding carboxylic acids is 1. The monoisotopic (exact) mass is 217 g/mol. The summed E-state index contributed by atoms with van der Waals surface area (Å²) in [5.74, 6) is 5.40. The third-order valence-corrected chi connectivity index (χ3v) is 1.84. The van der Waals surface area contributed by atoms with E-state index in [1.165, 1.54) is 5.01 Å². The van der Waals surface area contributed by atoms with Crippen LogP contribution in [0.5, 0.6) is 0 Å². The molecule has 0 heterocycles. The van der Waals surface area contributed by atoms with E-state index in [0.29, 0.717) is 6.42 Å². The minimum Gasteiger partial charge on any atom is -0.465 e. The summed E-state index contributed by atoms with van der Waals surface area (Å²) in [5.41, 5.74) is -0.405. The van der Waals surface area contributed by atoms with Gasteiger partial charge in [0.1, 0.15) is 0 Å². The number of carbonyl (C=O) groups is 2. The van der Waals surface area contributed by atoms with Crippen molar-refractivity contribution in [3.05, 3.63) is 0 Å². The van der Waals surface area contributed by atoms with Gasteiger partial charge in [0.05, 0.1) is 5.54 Å². The molecule has 6 heteroatoms. The Bertz CT molecular complexity index is 235. The molecule has 0 aromatic carbocycles. The molecule has 0 rings (SSSR count). The lowest BCUT2D eigenvalue weighted by molar-refractivity contribution is -0.136. The van der Waals surface area contributed by atoms with Crippen molar-refractivity contribution >= 4 is 12.0 Å². The van der Waals surface area contributed by atoms with Crippen molar-refractivity contribution in [2.24, 2.45) is 5.84 Å². The molecule has 0 bridgehead atoms. The van der Waals surface area contributed by atoms with Gasteiger partial charge >= 0.3 is 6.09 Å². The maximum atomic E-state index is 11.5. The fourth-order valence-corrected chi connectivity index (χ4v) is 0.929. The number of hydrazine groups is 1. The number of hydrogen-bond acceptors (Lipinski definition) is 3. The van der Waals surface area contributed by atoms with Gasteiger partial charge in [-0.15, -0.1) is 0 Å². The molecule has 0 saturated heterocycles. The lowest BCUT2D eigenvalue weighted by atomic mass is 10.1. The second-order valence-electron chi connectivity index (χ2n) is 4.27. The number of nitrogens with zero attached hydrogens (tertiary/aromatic N) is 1. The van der Waals surface area contributed by atoms with Crippen molar-refractivity contribution in [1.82, 2.24) is 10.3 Å². The Hall–Kier alpha value is -1.30. The van der Waals surface area contributed by atoms with Crippen LogP contribution in [0.3, 0.4) is 0 Å². The summed E-state index contributed by atoms with van der Waals surface area (Å²) < 4.78 is 0. The van der Waals surface area contributed by atoms with Gasteiger partial charge in [0.25, 0.3) is 0 Å². The van der Waals surface area contributed by atoms with E-state index < -0.39 is 11.6 Å². The van der Waals surface area contributed by atoms with Crippen LogP contribution >= 0.6 is 0 Å². The molecule has 88 valence electrons. The summed E-state index contributed by atoms with van der Waals surface area (Å²) in [6.07, 6.45) is -0.383. The number of nitrogens with one attached hydrogen (secondary N) is 1. The molecule has 6 nitrogen and oxygen atoms in total. The average molecular weight is 217 g/mol. The number of carboxylic acid groups (broad SMARTS) is 1. The standard InChI is InChI=1S/C9H19N3O3/c1-9(2,3)12(10)7(13)5-4-6-11-8(14)15/h11H,4-6,10H2,1-3H3,(H,14,15). The fourth-order valence-electron chi connectivity index (χ4n) is 0.929. The number of amides is 2. The summed E-state index contributed by atoms with van der Waals surface area (Å²) in [4.78, 5) is 21.6. The molecular formula is C9H19N3O3. The third-order valence-electron chi connectivity index (χ3n) is 1.84. The maximum absolute atomic E-state index is 11.5. The van der Waals surface area contributed by atoms with Gasteiger partial charge in [0.2, 0.25) is 5.91 Å². The number of nitrogens with two attached hydrogens (primary N) is 1. The lowest BCUT2D eigenvalue weighted by Gasteiger charge is -2.31. The predicted molar refractivity (Wildman–Crippen MR) is 56.0 cm³/mol. The molecule has 0 unspecified atom stereocenters. The topological polar surface area (TPSA) is 95.7 Å². The summed E-state index contributed by atoms with van der Waals surface area (Å²) in [7, 11) is 0. The van der Waals surface area contributed by atoms with Gasteiger partial charge in [0, 0.05) is 13.0 Å². The molecule has 2 amide bonds. The Kier molecular flexibility index (Phi) is 5.07. The quantitative estimate of drug-likeness (QED) is 0.277. The van der Waals surface area contributed by atoms with Gasteiger partial charge in [-0.2, -0.15) is 0 Å². The van der Waals surface area contributed by atoms with E-state index in [1.54, 1.807) is 0 Å². The Labute approximate surface area is 89.4 Å². The van der Waals surface area contributed by atoms with Crippen LogP contribution in [0.25, 0.3) is 0 Å². The largest absolute Gasteiger partial charge is 0.465 e. The molecule has 15 heavy (non-hydrogen) atoms. The zero-order valence-corrected chi connectivity index (χ0v) is 9.41. The first-order valence-electron chi connectivity index (χ1n) is 4.79. The van der Waals surface area contributed by atoms with E-state index in [1.807, 2.05) is 20.8 Å². The Morgan fingerprint density at radius 3 is 2.33 bits per heavy atom. The van der Waals surface area contributed by atoms with Gasteiger partial charge in [0.15, 0.2) is 0 Å². The summed E-state index contributed by atoms with van der Waals surface area (Å²) in [5, 5.41) is 11.6. The van der Waals surface area contributed by atoms with Gasteiger partial charge in [-0.25, -0.2) is 10.6 Å².